The van der Waals surface area contributed by atoms with Gasteiger partial charge in [0.2, 0.25) is 0 Å². The molecule has 0 saturated carbocycles. The predicted molar refractivity (Wildman–Crippen MR) is 97.9 cm³/mol. The number of aliphatic hydroxyl groups excluding tert-OH is 1. The molecular formula is C18H36O4Si. The zero-order valence-electron chi connectivity index (χ0n) is 16.4. The molecule has 0 aromatic carbocycles. The fraction of sp³-hybridized carbons (Fsp3) is 0.833. The van der Waals surface area contributed by atoms with Crippen LogP contribution in [0, 0.1) is 5.92 Å². The first kappa shape index (κ1) is 22.3. The Labute approximate surface area is 143 Å². The van der Waals surface area contributed by atoms with Gasteiger partial charge in [0.15, 0.2) is 8.32 Å². The fourth-order valence-electron chi connectivity index (χ4n) is 1.90. The summed E-state index contributed by atoms with van der Waals surface area (Å²) in [7, 11) is -1.85. The van der Waals surface area contributed by atoms with Crippen molar-refractivity contribution in [1.82, 2.24) is 0 Å². The first-order chi connectivity index (χ1) is 10.3. The number of aliphatic hydroxyl groups is 1. The fourth-order valence-corrected chi connectivity index (χ4v) is 3.40. The second-order valence-electron chi connectivity index (χ2n) is 7.85. The minimum absolute atomic E-state index is 0.00429. The van der Waals surface area contributed by atoms with Gasteiger partial charge in [-0.2, -0.15) is 0 Å². The summed E-state index contributed by atoms with van der Waals surface area (Å²) < 4.78 is 11.3. The highest BCUT2D eigenvalue weighted by molar-refractivity contribution is 6.74. The molecule has 5 heteroatoms. The molecule has 136 valence electrons. The molecule has 0 bridgehead atoms. The molecule has 1 N–H and O–H groups in total. The summed E-state index contributed by atoms with van der Waals surface area (Å²) in [4.78, 5) is 11.6. The predicted octanol–water partition coefficient (Wildman–Crippen LogP) is 4.29. The van der Waals surface area contributed by atoms with E-state index >= 15 is 0 Å². The molecule has 4 nitrogen and oxygen atoms in total. The molecule has 0 rings (SSSR count). The zero-order chi connectivity index (χ0) is 18.4. The molecule has 0 aliphatic heterocycles. The zero-order valence-corrected chi connectivity index (χ0v) is 17.4. The highest BCUT2D eigenvalue weighted by Gasteiger charge is 2.39. The first-order valence-electron chi connectivity index (χ1n) is 8.53. The van der Waals surface area contributed by atoms with Gasteiger partial charge in [0, 0.05) is 17.6 Å². The van der Waals surface area contributed by atoms with Crippen molar-refractivity contribution in [1.29, 1.82) is 0 Å². The van der Waals surface area contributed by atoms with Crippen LogP contribution in [0.15, 0.2) is 11.6 Å². The number of rotatable bonds is 8. The molecule has 0 fully saturated rings. The van der Waals surface area contributed by atoms with E-state index in [1.165, 1.54) is 0 Å². The standard InChI is InChI=1S/C18H36O4Si/c1-10-21-17(20)13(2)11-12-16(19)14(3)15(4)22-23(8,9)18(5,6)7/h11,14-16,19H,10,12H2,1-9H3/b13-11+/t14-,15+,16-/m0/s1. The third kappa shape index (κ3) is 7.19. The lowest BCUT2D eigenvalue weighted by atomic mass is 9.96. The summed E-state index contributed by atoms with van der Waals surface area (Å²) in [5.41, 5.74) is 0.538. The third-order valence-corrected chi connectivity index (χ3v) is 9.47. The van der Waals surface area contributed by atoms with Gasteiger partial charge in [-0.05, 0) is 45.3 Å². The van der Waals surface area contributed by atoms with E-state index in [9.17, 15) is 9.90 Å². The van der Waals surface area contributed by atoms with Crippen molar-refractivity contribution >= 4 is 14.3 Å². The Balaban J connectivity index is 4.68. The van der Waals surface area contributed by atoms with Gasteiger partial charge in [0.25, 0.3) is 0 Å². The van der Waals surface area contributed by atoms with Crippen LogP contribution in [0.25, 0.3) is 0 Å². The summed E-state index contributed by atoms with van der Waals surface area (Å²) in [6.45, 7) is 18.9. The van der Waals surface area contributed by atoms with Crippen LogP contribution in [0.5, 0.6) is 0 Å². The second-order valence-corrected chi connectivity index (χ2v) is 12.6. The van der Waals surface area contributed by atoms with Crippen molar-refractivity contribution in [2.45, 2.75) is 85.2 Å². The molecule has 0 aromatic rings. The first-order valence-corrected chi connectivity index (χ1v) is 11.4. The van der Waals surface area contributed by atoms with Gasteiger partial charge in [-0.1, -0.05) is 33.8 Å². The smallest absolute Gasteiger partial charge is 0.333 e. The van der Waals surface area contributed by atoms with Crippen molar-refractivity contribution in [2.24, 2.45) is 5.92 Å². The molecule has 0 saturated heterocycles. The van der Waals surface area contributed by atoms with Crippen molar-refractivity contribution in [3.05, 3.63) is 11.6 Å². The Hall–Kier alpha value is -0.653. The number of carbonyl (C=O) groups excluding carboxylic acids is 1. The van der Waals surface area contributed by atoms with E-state index in [1.807, 2.05) is 13.8 Å². The van der Waals surface area contributed by atoms with Crippen molar-refractivity contribution < 1.29 is 19.1 Å². The average molecular weight is 345 g/mol. The van der Waals surface area contributed by atoms with E-state index in [1.54, 1.807) is 19.9 Å². The van der Waals surface area contributed by atoms with Crippen molar-refractivity contribution in [2.75, 3.05) is 6.61 Å². The molecular weight excluding hydrogens is 308 g/mol. The lowest BCUT2D eigenvalue weighted by Crippen LogP contribution is -2.46. The van der Waals surface area contributed by atoms with Crippen LogP contribution < -0.4 is 0 Å². The van der Waals surface area contributed by atoms with E-state index in [0.29, 0.717) is 18.6 Å². The molecule has 0 amide bonds. The molecule has 0 aliphatic carbocycles. The van der Waals surface area contributed by atoms with Gasteiger partial charge in [-0.25, -0.2) is 4.79 Å². The highest BCUT2D eigenvalue weighted by atomic mass is 28.4. The van der Waals surface area contributed by atoms with Crippen LogP contribution in [0.1, 0.15) is 54.9 Å². The number of hydrogen-bond acceptors (Lipinski definition) is 4. The van der Waals surface area contributed by atoms with Gasteiger partial charge in [-0.15, -0.1) is 0 Å². The SMILES string of the molecule is CCOC(=O)/C(C)=C/C[C@H](O)[C@@H](C)[C@@H](C)O[Si](C)(C)C(C)(C)C. The lowest BCUT2D eigenvalue weighted by Gasteiger charge is -2.40. The van der Waals surface area contributed by atoms with E-state index in [0.717, 1.165) is 0 Å². The quantitative estimate of drug-likeness (QED) is 0.405. The Morgan fingerprint density at radius 3 is 2.22 bits per heavy atom. The summed E-state index contributed by atoms with van der Waals surface area (Å²) >= 11 is 0. The molecule has 0 spiro atoms. The van der Waals surface area contributed by atoms with Gasteiger partial charge < -0.3 is 14.3 Å². The Morgan fingerprint density at radius 2 is 1.78 bits per heavy atom. The van der Waals surface area contributed by atoms with E-state index in [4.69, 9.17) is 9.16 Å². The van der Waals surface area contributed by atoms with Crippen LogP contribution in [0.3, 0.4) is 0 Å². The van der Waals surface area contributed by atoms with E-state index < -0.39 is 14.4 Å². The molecule has 0 heterocycles. The van der Waals surface area contributed by atoms with Crippen LogP contribution in [0.2, 0.25) is 18.1 Å². The normalized spacial score (nSPS) is 17.6. The van der Waals surface area contributed by atoms with Gasteiger partial charge >= 0.3 is 5.97 Å². The monoisotopic (exact) mass is 344 g/mol. The summed E-state index contributed by atoms with van der Waals surface area (Å²) in [5.74, 6) is -0.326. The Kier molecular flexibility index (Phi) is 8.74. The number of ether oxygens (including phenoxy) is 1. The lowest BCUT2D eigenvalue weighted by molar-refractivity contribution is -0.138. The van der Waals surface area contributed by atoms with E-state index in [2.05, 4.69) is 33.9 Å². The van der Waals surface area contributed by atoms with E-state index in [-0.39, 0.29) is 23.0 Å². The van der Waals surface area contributed by atoms with Crippen LogP contribution in [-0.2, 0) is 14.0 Å². The minimum atomic E-state index is -1.85. The second kappa shape index (κ2) is 8.99. The number of esters is 1. The molecule has 0 aromatic heterocycles. The molecule has 3 atom stereocenters. The highest BCUT2D eigenvalue weighted by Crippen LogP contribution is 2.38. The third-order valence-electron chi connectivity index (χ3n) is 4.90. The number of hydrogen-bond donors (Lipinski definition) is 1. The van der Waals surface area contributed by atoms with Crippen LogP contribution >= 0.6 is 0 Å². The number of carbonyl (C=O) groups is 1. The maximum atomic E-state index is 11.6. The Morgan fingerprint density at radius 1 is 1.26 bits per heavy atom. The van der Waals surface area contributed by atoms with Gasteiger partial charge in [0.05, 0.1) is 12.7 Å². The molecule has 0 radical (unpaired) electrons. The van der Waals surface area contributed by atoms with Crippen molar-refractivity contribution in [3.8, 4) is 0 Å². The van der Waals surface area contributed by atoms with Gasteiger partial charge in [0.1, 0.15) is 0 Å². The molecule has 0 aliphatic rings. The molecule has 23 heavy (non-hydrogen) atoms. The van der Waals surface area contributed by atoms with Crippen LogP contribution in [0.4, 0.5) is 0 Å². The molecule has 0 unspecified atom stereocenters. The van der Waals surface area contributed by atoms with Crippen LogP contribution in [-0.4, -0.2) is 38.2 Å². The maximum Gasteiger partial charge on any atom is 0.333 e. The van der Waals surface area contributed by atoms with Gasteiger partial charge in [-0.3, -0.25) is 0 Å². The largest absolute Gasteiger partial charge is 0.463 e. The summed E-state index contributed by atoms with van der Waals surface area (Å²) in [6.07, 6.45) is 1.61. The Bertz CT molecular complexity index is 410. The topological polar surface area (TPSA) is 55.8 Å². The average Bonchev–Trinajstić information content (AvgIpc) is 2.41. The minimum Gasteiger partial charge on any atom is -0.463 e. The van der Waals surface area contributed by atoms with Crippen molar-refractivity contribution in [3.63, 3.8) is 0 Å². The maximum absolute atomic E-state index is 11.6. The summed E-state index contributed by atoms with van der Waals surface area (Å²) in [6, 6.07) is 0. The summed E-state index contributed by atoms with van der Waals surface area (Å²) in [5, 5.41) is 10.5.